The summed E-state index contributed by atoms with van der Waals surface area (Å²) in [4.78, 5) is 0. The van der Waals surface area contributed by atoms with Gasteiger partial charge in [0.25, 0.3) is 0 Å². The van der Waals surface area contributed by atoms with E-state index in [4.69, 9.17) is 3.95 Å². The van der Waals surface area contributed by atoms with Crippen LogP contribution in [0.4, 0.5) is 0 Å². The third-order valence-corrected chi connectivity index (χ3v) is 7.42. The molecule has 2 nitrogen and oxygen atoms in total. The Balaban J connectivity index is 2.19. The van der Waals surface area contributed by atoms with Crippen molar-refractivity contribution in [3.05, 3.63) is 0 Å². The molecule has 0 rings (SSSR count). The molecule has 0 aliphatic rings. The van der Waals surface area contributed by atoms with E-state index in [0.717, 1.165) is 0 Å². The van der Waals surface area contributed by atoms with Gasteiger partial charge >= 0.3 is 55.3 Å². The molecule has 1 atom stereocenters. The van der Waals surface area contributed by atoms with Gasteiger partial charge in [-0.3, -0.25) is 0 Å². The average molecular weight is 318 g/mol. The maximum atomic E-state index is 5.15. The summed E-state index contributed by atoms with van der Waals surface area (Å²) in [6, 6.07) is 0. The van der Waals surface area contributed by atoms with Crippen molar-refractivity contribution >= 4 is 6.88 Å². The first-order chi connectivity index (χ1) is 2.41. The van der Waals surface area contributed by atoms with E-state index < -0.39 is 0 Å². The van der Waals surface area contributed by atoms with Crippen LogP contribution in [0.15, 0.2) is 0 Å². The predicted octanol–water partition coefficient (Wildman–Crippen LogP) is -6.75. The van der Waals surface area contributed by atoms with Crippen LogP contribution >= 0.6 is 6.88 Å². The molecule has 0 saturated carbocycles. The zero-order chi connectivity index (χ0) is 4.12. The molecule has 0 aromatic heterocycles. The van der Waals surface area contributed by atoms with Gasteiger partial charge in [-0.1, -0.05) is 0 Å². The van der Waals surface area contributed by atoms with E-state index in [9.17, 15) is 0 Å². The van der Waals surface area contributed by atoms with E-state index in [1.807, 2.05) is 0 Å². The van der Waals surface area contributed by atoms with Gasteiger partial charge in [0.15, 0.2) is 0 Å². The first kappa shape index (κ1) is 6.81. The summed E-state index contributed by atoms with van der Waals surface area (Å²) >= 11 is 0.0833. The Kier molecular flexibility index (Phi) is 7.91. The quantitative estimate of drug-likeness (QED) is 0.302. The molecular formula is H5I2N2P-2. The van der Waals surface area contributed by atoms with Gasteiger partial charge in [0.05, 0.1) is 0 Å². The fourth-order valence-corrected chi connectivity index (χ4v) is 3.21. The normalized spacial score (nSPS) is 10.0. The average Bonchev–Trinajstić information content (AvgIpc) is 1.41. The summed E-state index contributed by atoms with van der Waals surface area (Å²) in [5, 5.41) is 0. The maximum absolute atomic E-state index is 5.15. The molecule has 36 valence electrons. The number of nitrogens with one attached hydrogen (secondary N) is 1. The van der Waals surface area contributed by atoms with Crippen molar-refractivity contribution in [1.29, 1.82) is 0 Å². The SMILES string of the molecule is N[I-]N[I-]P. The Morgan fingerprint density at radius 3 is 2.40 bits per heavy atom. The van der Waals surface area contributed by atoms with E-state index in [1.165, 1.54) is 0 Å². The standard InChI is InChI=1S/H5I2N2P/c3-1-4-2-5/h4H,3,5H2/q-2. The van der Waals surface area contributed by atoms with Crippen molar-refractivity contribution in [1.82, 2.24) is 1.74 Å². The van der Waals surface area contributed by atoms with Crippen LogP contribution in [-0.2, 0) is 0 Å². The topological polar surface area (TPSA) is 38.0 Å². The van der Waals surface area contributed by atoms with Gasteiger partial charge in [-0.25, -0.2) is 0 Å². The van der Waals surface area contributed by atoms with Crippen LogP contribution in [0.5, 0.6) is 0 Å². The van der Waals surface area contributed by atoms with E-state index in [1.54, 1.807) is 0 Å². The Morgan fingerprint density at radius 2 is 2.40 bits per heavy atom. The van der Waals surface area contributed by atoms with Crippen molar-refractivity contribution in [2.45, 2.75) is 0 Å². The molecule has 5 heteroatoms. The second-order valence-electron chi connectivity index (χ2n) is 0.290. The molecule has 0 aliphatic carbocycles. The fourth-order valence-electron chi connectivity index (χ4n) is 0.0238. The molecule has 0 bridgehead atoms. The predicted molar refractivity (Wildman–Crippen MR) is 17.0 cm³/mol. The summed E-state index contributed by atoms with van der Waals surface area (Å²) in [6.45, 7) is 2.65. The van der Waals surface area contributed by atoms with E-state index in [2.05, 4.69) is 8.63 Å². The molecule has 0 aliphatic heterocycles. The van der Waals surface area contributed by atoms with E-state index >= 15 is 0 Å². The number of hydrogen-bond donors (Lipinski definition) is 2. The van der Waals surface area contributed by atoms with Gasteiger partial charge in [0, 0.05) is 0 Å². The van der Waals surface area contributed by atoms with E-state index in [-0.39, 0.29) is 42.7 Å². The Morgan fingerprint density at radius 1 is 1.80 bits per heavy atom. The van der Waals surface area contributed by atoms with Crippen molar-refractivity contribution in [2.75, 3.05) is 0 Å². The van der Waals surface area contributed by atoms with Crippen molar-refractivity contribution in [2.24, 2.45) is 3.95 Å². The molecule has 0 saturated heterocycles. The molecule has 0 aromatic carbocycles. The molecule has 5 heavy (non-hydrogen) atoms. The molecule has 0 spiro atoms. The number of nitrogens with two attached hydrogens (primary N) is 1. The fraction of sp³-hybridized carbons (Fsp3) is 0. The second-order valence-corrected chi connectivity index (χ2v) is 6.14. The first-order valence-electron chi connectivity index (χ1n) is 0.814. The van der Waals surface area contributed by atoms with Crippen LogP contribution in [0.25, 0.3) is 0 Å². The van der Waals surface area contributed by atoms with Gasteiger partial charge in [-0.15, -0.1) is 0 Å². The van der Waals surface area contributed by atoms with Crippen LogP contribution in [0.3, 0.4) is 0 Å². The Labute approximate surface area is 54.8 Å². The van der Waals surface area contributed by atoms with E-state index in [0.29, 0.717) is 0 Å². The molecule has 3 N–H and O–H groups in total. The monoisotopic (exact) mass is 318 g/mol. The minimum atomic E-state index is -0.115. The Hall–Kier alpha value is 1.81. The Bertz CT molecular complexity index is 15.1. The summed E-state index contributed by atoms with van der Waals surface area (Å²) in [5.41, 5.74) is 0. The van der Waals surface area contributed by atoms with Crippen molar-refractivity contribution in [3.8, 4) is 0 Å². The first-order valence-corrected chi connectivity index (χ1v) is 8.39. The van der Waals surface area contributed by atoms with Gasteiger partial charge in [-0.2, -0.15) is 0 Å². The zero-order valence-corrected chi connectivity index (χ0v) is 7.88. The van der Waals surface area contributed by atoms with Gasteiger partial charge < -0.3 is 0 Å². The number of hydrogen-bond acceptors (Lipinski definition) is 2. The van der Waals surface area contributed by atoms with Crippen LogP contribution in [0.2, 0.25) is 0 Å². The van der Waals surface area contributed by atoms with Crippen LogP contribution in [0, 0.1) is 0 Å². The minimum absolute atomic E-state index is 0.115. The van der Waals surface area contributed by atoms with Gasteiger partial charge in [0.2, 0.25) is 0 Å². The van der Waals surface area contributed by atoms with Crippen LogP contribution in [-0.4, -0.2) is 0 Å². The summed E-state index contributed by atoms with van der Waals surface area (Å²) < 4.78 is 8.22. The summed E-state index contributed by atoms with van der Waals surface area (Å²) in [6.07, 6.45) is 0. The molecule has 0 radical (unpaired) electrons. The molecule has 0 aromatic rings. The molecule has 0 heterocycles. The second kappa shape index (κ2) is 5.81. The van der Waals surface area contributed by atoms with Gasteiger partial charge in [0.1, 0.15) is 0 Å². The molecular weight excluding hydrogens is 313 g/mol. The van der Waals surface area contributed by atoms with Crippen LogP contribution < -0.4 is 48.4 Å². The zero-order valence-electron chi connectivity index (χ0n) is 2.41. The number of rotatable bonds is 2. The van der Waals surface area contributed by atoms with Crippen LogP contribution in [0.1, 0.15) is 0 Å². The van der Waals surface area contributed by atoms with Crippen molar-refractivity contribution in [3.63, 3.8) is 0 Å². The molecule has 1 unspecified atom stereocenters. The summed E-state index contributed by atoms with van der Waals surface area (Å²) in [5.74, 6) is 0. The number of halogens is 2. The molecule has 0 amide bonds. The third-order valence-electron chi connectivity index (χ3n) is 0.0825. The van der Waals surface area contributed by atoms with Gasteiger partial charge in [-0.05, 0) is 0 Å². The third kappa shape index (κ3) is 5.81. The molecule has 0 fully saturated rings. The summed E-state index contributed by atoms with van der Waals surface area (Å²) in [7, 11) is 0. The van der Waals surface area contributed by atoms with Crippen molar-refractivity contribution < 1.29 is 42.7 Å².